The molecule has 10 heteroatoms. The van der Waals surface area contributed by atoms with Crippen molar-refractivity contribution in [1.82, 2.24) is 4.72 Å². The van der Waals surface area contributed by atoms with Gasteiger partial charge in [0.05, 0.1) is 13.2 Å². The van der Waals surface area contributed by atoms with Gasteiger partial charge in [-0.05, 0) is 49.3 Å². The molecule has 0 spiro atoms. The van der Waals surface area contributed by atoms with Gasteiger partial charge in [0.1, 0.15) is 23.8 Å². The first-order valence-corrected chi connectivity index (χ1v) is 13.3. The van der Waals surface area contributed by atoms with Crippen molar-refractivity contribution in [2.45, 2.75) is 32.6 Å². The van der Waals surface area contributed by atoms with E-state index in [9.17, 15) is 13.2 Å². The molecule has 2 aromatic carbocycles. The van der Waals surface area contributed by atoms with Crippen LogP contribution in [0.3, 0.4) is 0 Å². The molecule has 1 N–H and O–H groups in total. The van der Waals surface area contributed by atoms with Gasteiger partial charge in [0.2, 0.25) is 0 Å². The van der Waals surface area contributed by atoms with Gasteiger partial charge in [-0.1, -0.05) is 43.3 Å². The predicted molar refractivity (Wildman–Crippen MR) is 133 cm³/mol. The number of carbonyl (C=O) groups excluding carboxylic acids is 1. The van der Waals surface area contributed by atoms with E-state index in [1.54, 1.807) is 25.3 Å². The average Bonchev–Trinajstić information content (AvgIpc) is 3.66. The third kappa shape index (κ3) is 8.72. The second-order valence-electron chi connectivity index (χ2n) is 8.28. The molecule has 1 amide bonds. The van der Waals surface area contributed by atoms with Gasteiger partial charge >= 0.3 is 16.4 Å². The van der Waals surface area contributed by atoms with Crippen LogP contribution in [0.25, 0.3) is 0 Å². The maximum absolute atomic E-state index is 13.1. The molecule has 1 fully saturated rings. The number of amides is 1. The fraction of sp³-hybridized carbons (Fsp3) is 0.480. The number of nitrogens with zero attached hydrogens (tertiary/aromatic N) is 1. The lowest BCUT2D eigenvalue weighted by molar-refractivity contribution is 0.146. The summed E-state index contributed by atoms with van der Waals surface area (Å²) in [7, 11) is -2.76. The maximum atomic E-state index is 13.1. The van der Waals surface area contributed by atoms with Crippen molar-refractivity contribution in [1.29, 1.82) is 0 Å². The Hall–Kier alpha value is -2.82. The van der Waals surface area contributed by atoms with E-state index in [4.69, 9.17) is 18.4 Å². The average molecular weight is 507 g/mol. The third-order valence-corrected chi connectivity index (χ3v) is 6.25. The molecule has 1 aliphatic rings. The summed E-state index contributed by atoms with van der Waals surface area (Å²) >= 11 is 0. The van der Waals surface area contributed by atoms with Gasteiger partial charge < -0.3 is 18.4 Å². The SMILES string of the molecule is CCCN(C(=O)OS(=O)(=O)NCCc1ccccc1)c1c(OCCOC)cccc1OCC1CC1. The van der Waals surface area contributed by atoms with Crippen LogP contribution in [-0.4, -0.2) is 54.5 Å². The summed E-state index contributed by atoms with van der Waals surface area (Å²) in [6.07, 6.45) is 2.20. The van der Waals surface area contributed by atoms with Gasteiger partial charge in [0, 0.05) is 20.2 Å². The Morgan fingerprint density at radius 1 is 1.03 bits per heavy atom. The van der Waals surface area contributed by atoms with Crippen LogP contribution in [0.1, 0.15) is 31.7 Å². The zero-order chi connectivity index (χ0) is 25.1. The molecule has 9 nitrogen and oxygen atoms in total. The first kappa shape index (κ1) is 26.8. The molecule has 192 valence electrons. The van der Waals surface area contributed by atoms with Crippen molar-refractivity contribution in [3.05, 3.63) is 54.1 Å². The van der Waals surface area contributed by atoms with Gasteiger partial charge in [-0.25, -0.2) is 4.79 Å². The normalized spacial score (nSPS) is 13.3. The topological polar surface area (TPSA) is 103 Å². The molecule has 0 saturated heterocycles. The molecule has 2 aromatic rings. The van der Waals surface area contributed by atoms with Crippen molar-refractivity contribution in [2.75, 3.05) is 44.9 Å². The number of rotatable bonds is 15. The van der Waals surface area contributed by atoms with Gasteiger partial charge in [0.25, 0.3) is 0 Å². The second-order valence-corrected chi connectivity index (χ2v) is 9.65. The third-order valence-electron chi connectivity index (χ3n) is 5.33. The number of benzene rings is 2. The van der Waals surface area contributed by atoms with Gasteiger partial charge in [-0.2, -0.15) is 13.1 Å². The lowest BCUT2D eigenvalue weighted by atomic mass is 10.2. The predicted octanol–water partition coefficient (Wildman–Crippen LogP) is 3.93. The molecule has 0 atom stereocenters. The van der Waals surface area contributed by atoms with E-state index in [0.717, 1.165) is 18.4 Å². The molecule has 0 aliphatic heterocycles. The first-order chi connectivity index (χ1) is 16.9. The lowest BCUT2D eigenvalue weighted by Gasteiger charge is -2.26. The second kappa shape index (κ2) is 13.3. The Morgan fingerprint density at radius 3 is 2.40 bits per heavy atom. The van der Waals surface area contributed by atoms with Crippen molar-refractivity contribution in [3.63, 3.8) is 0 Å². The van der Waals surface area contributed by atoms with E-state index in [-0.39, 0.29) is 19.7 Å². The van der Waals surface area contributed by atoms with Gasteiger partial charge in [0.15, 0.2) is 0 Å². The zero-order valence-corrected chi connectivity index (χ0v) is 21.1. The minimum Gasteiger partial charge on any atom is -0.491 e. The monoisotopic (exact) mass is 506 g/mol. The quantitative estimate of drug-likeness (QED) is 0.365. The van der Waals surface area contributed by atoms with Crippen LogP contribution in [0.4, 0.5) is 10.5 Å². The molecular formula is C25H34N2O7S. The Kier molecular flexibility index (Phi) is 10.2. The Bertz CT molecular complexity index is 1040. The van der Waals surface area contributed by atoms with Crippen LogP contribution >= 0.6 is 0 Å². The molecule has 35 heavy (non-hydrogen) atoms. The summed E-state index contributed by atoms with van der Waals surface area (Å²) in [4.78, 5) is 14.4. The smallest absolute Gasteiger partial charge is 0.431 e. The van der Waals surface area contributed by atoms with Crippen LogP contribution in [0.15, 0.2) is 48.5 Å². The molecule has 0 unspecified atom stereocenters. The van der Waals surface area contributed by atoms with E-state index in [1.807, 2.05) is 37.3 Å². The number of hydrogen-bond donors (Lipinski definition) is 1. The highest BCUT2D eigenvalue weighted by Crippen LogP contribution is 2.40. The molecule has 0 heterocycles. The number of anilines is 1. The van der Waals surface area contributed by atoms with Crippen molar-refractivity contribution >= 4 is 22.1 Å². The fourth-order valence-electron chi connectivity index (χ4n) is 3.38. The van der Waals surface area contributed by atoms with Crippen LogP contribution in [0.2, 0.25) is 0 Å². The highest BCUT2D eigenvalue weighted by Gasteiger charge is 2.30. The van der Waals surface area contributed by atoms with Gasteiger partial charge in [-0.15, -0.1) is 0 Å². The summed E-state index contributed by atoms with van der Waals surface area (Å²) in [6, 6.07) is 14.6. The molecule has 3 rings (SSSR count). The van der Waals surface area contributed by atoms with E-state index < -0.39 is 16.4 Å². The van der Waals surface area contributed by atoms with Crippen molar-refractivity contribution in [2.24, 2.45) is 5.92 Å². The molecule has 0 bridgehead atoms. The summed E-state index contributed by atoms with van der Waals surface area (Å²) in [6.45, 7) is 3.31. The molecule has 1 aliphatic carbocycles. The summed E-state index contributed by atoms with van der Waals surface area (Å²) in [5.74, 6) is 1.31. The van der Waals surface area contributed by atoms with Crippen LogP contribution in [0, 0.1) is 5.92 Å². The molecular weight excluding hydrogens is 472 g/mol. The van der Waals surface area contributed by atoms with E-state index >= 15 is 0 Å². The Balaban J connectivity index is 1.75. The van der Waals surface area contributed by atoms with Crippen LogP contribution < -0.4 is 19.1 Å². The minimum atomic E-state index is -4.33. The fourth-order valence-corrected chi connectivity index (χ4v) is 4.07. The standard InChI is InChI=1S/C25H34N2O7S/c1-3-16-27(25(28)34-35(29,30)26-15-14-20-8-5-4-6-9-20)24-22(32-18-17-31-2)10-7-11-23(24)33-19-21-12-13-21/h4-11,21,26H,3,12-19H2,1-2H3. The van der Waals surface area contributed by atoms with E-state index in [1.165, 1.54) is 4.90 Å². The summed E-state index contributed by atoms with van der Waals surface area (Å²) < 4.78 is 49.2. The molecule has 0 aromatic heterocycles. The van der Waals surface area contributed by atoms with Crippen molar-refractivity contribution < 1.29 is 31.6 Å². The summed E-state index contributed by atoms with van der Waals surface area (Å²) in [5, 5.41) is 0. The number of para-hydroxylation sites is 1. The number of ether oxygens (including phenoxy) is 3. The molecule has 1 saturated carbocycles. The highest BCUT2D eigenvalue weighted by molar-refractivity contribution is 7.85. The number of methoxy groups -OCH3 is 1. The van der Waals surface area contributed by atoms with E-state index in [2.05, 4.69) is 4.72 Å². The lowest BCUT2D eigenvalue weighted by Crippen LogP contribution is -2.38. The minimum absolute atomic E-state index is 0.0971. The van der Waals surface area contributed by atoms with E-state index in [0.29, 0.717) is 49.2 Å². The van der Waals surface area contributed by atoms with Gasteiger partial charge in [-0.3, -0.25) is 4.90 Å². The number of carbonyl (C=O) groups is 1. The largest absolute Gasteiger partial charge is 0.491 e. The van der Waals surface area contributed by atoms with Crippen LogP contribution in [-0.2, 0) is 25.6 Å². The van der Waals surface area contributed by atoms with Crippen LogP contribution in [0.5, 0.6) is 11.5 Å². The highest BCUT2D eigenvalue weighted by atomic mass is 32.2. The van der Waals surface area contributed by atoms with Crippen molar-refractivity contribution in [3.8, 4) is 11.5 Å². The Morgan fingerprint density at radius 2 is 1.74 bits per heavy atom. The number of nitrogens with one attached hydrogen (secondary N) is 1. The summed E-state index contributed by atoms with van der Waals surface area (Å²) in [5.41, 5.74) is 1.31. The Labute approximate surface area is 207 Å². The molecule has 0 radical (unpaired) electrons. The zero-order valence-electron chi connectivity index (χ0n) is 20.3. The first-order valence-electron chi connectivity index (χ1n) is 11.9. The maximum Gasteiger partial charge on any atom is 0.431 e. The number of hydrogen-bond acceptors (Lipinski definition) is 7.